The molecule has 11 heavy (non-hydrogen) atoms. The Balaban J connectivity index is 2.69. The Labute approximate surface area is 82.2 Å². The minimum absolute atomic E-state index is 0.441. The number of unbranched alkanes of at least 4 members (excludes halogenated alkanes) is 4. The molecule has 0 spiro atoms. The molecule has 1 heteroatoms. The average molecular weight is 270 g/mol. The van der Waals surface area contributed by atoms with Gasteiger partial charge >= 0.3 is 82.2 Å². The molecule has 0 aliphatic rings. The van der Waals surface area contributed by atoms with E-state index in [4.69, 9.17) is 0 Å². The summed E-state index contributed by atoms with van der Waals surface area (Å²) in [4.78, 5) is 0. The van der Waals surface area contributed by atoms with Crippen LogP contribution in [0.15, 0.2) is 0 Å². The van der Waals surface area contributed by atoms with Gasteiger partial charge in [-0.25, -0.2) is 0 Å². The molecule has 0 unspecified atom stereocenters. The van der Waals surface area contributed by atoms with Gasteiger partial charge in [0, 0.05) is 0 Å². The third kappa shape index (κ3) is 10.8. The summed E-state index contributed by atoms with van der Waals surface area (Å²) in [5.74, 6) is 0. The van der Waals surface area contributed by atoms with E-state index in [1.165, 1.54) is 38.5 Å². The molecule has 0 heterocycles. The first kappa shape index (κ1) is 11.8. The summed E-state index contributed by atoms with van der Waals surface area (Å²) in [5.41, 5.74) is 0. The molecule has 0 amide bonds. The van der Waals surface area contributed by atoms with Gasteiger partial charge in [0.15, 0.2) is 0 Å². The van der Waals surface area contributed by atoms with E-state index >= 15 is 0 Å². The zero-order valence-corrected chi connectivity index (χ0v) is 10.4. The van der Waals surface area contributed by atoms with Crippen molar-refractivity contribution >= 4 is 20.9 Å². The normalized spacial score (nSPS) is 10.4. The number of hydrogen-bond acceptors (Lipinski definition) is 0. The summed E-state index contributed by atoms with van der Waals surface area (Å²) < 4.78 is 3.20. The van der Waals surface area contributed by atoms with Crippen LogP contribution in [-0.4, -0.2) is 20.9 Å². The van der Waals surface area contributed by atoms with Crippen LogP contribution in [-0.2, 0) is 0 Å². The van der Waals surface area contributed by atoms with E-state index < -0.39 is 0 Å². The molecular weight excluding hydrogens is 248 g/mol. The predicted octanol–water partition coefficient (Wildman–Crippen LogP) is 3.91. The zero-order chi connectivity index (χ0) is 8.36. The Morgan fingerprint density at radius 2 is 1.18 bits per heavy atom. The Morgan fingerprint density at radius 3 is 1.55 bits per heavy atom. The van der Waals surface area contributed by atoms with E-state index in [1.807, 2.05) is 0 Å². The van der Waals surface area contributed by atoms with Crippen molar-refractivity contribution in [3.8, 4) is 0 Å². The molecule has 0 aromatic carbocycles. The molecule has 0 fully saturated rings. The van der Waals surface area contributed by atoms with Crippen molar-refractivity contribution < 1.29 is 0 Å². The molecule has 0 bridgehead atoms. The van der Waals surface area contributed by atoms with E-state index in [2.05, 4.69) is 13.8 Å². The van der Waals surface area contributed by atoms with Crippen molar-refractivity contribution in [1.29, 1.82) is 0 Å². The van der Waals surface area contributed by atoms with Gasteiger partial charge in [0.25, 0.3) is 0 Å². The van der Waals surface area contributed by atoms with Crippen LogP contribution in [0.2, 0.25) is 8.94 Å². The second kappa shape index (κ2) is 10.8. The minimum atomic E-state index is 0.441. The zero-order valence-electron chi connectivity index (χ0n) is 8.07. The molecule has 0 radical (unpaired) electrons. The summed E-state index contributed by atoms with van der Waals surface area (Å²) in [7, 11) is 0. The van der Waals surface area contributed by atoms with Crippen LogP contribution in [0.4, 0.5) is 0 Å². The summed E-state index contributed by atoms with van der Waals surface area (Å²) in [6.45, 7) is 4.58. The summed E-state index contributed by atoms with van der Waals surface area (Å²) in [5, 5.41) is 0. The van der Waals surface area contributed by atoms with Crippen LogP contribution in [0.25, 0.3) is 0 Å². The molecule has 0 nitrogen and oxygen atoms in total. The van der Waals surface area contributed by atoms with Crippen molar-refractivity contribution in [1.82, 2.24) is 0 Å². The van der Waals surface area contributed by atoms with Crippen LogP contribution in [0.5, 0.6) is 0 Å². The number of rotatable bonds is 8. The Hall–Kier alpha value is 0.790. The van der Waals surface area contributed by atoms with Crippen molar-refractivity contribution in [2.75, 3.05) is 0 Å². The van der Waals surface area contributed by atoms with Crippen molar-refractivity contribution in [2.45, 2.75) is 61.3 Å². The Kier molecular flexibility index (Phi) is 11.6. The predicted molar refractivity (Wildman–Crippen MR) is 54.4 cm³/mol. The van der Waals surface area contributed by atoms with Gasteiger partial charge in [-0.3, -0.25) is 0 Å². The van der Waals surface area contributed by atoms with Crippen LogP contribution in [0.1, 0.15) is 52.4 Å². The molecule has 0 atom stereocenters. The second-order valence-corrected chi connectivity index (χ2v) is 6.52. The fourth-order valence-corrected chi connectivity index (χ4v) is 3.92. The molecule has 0 aliphatic heterocycles. The van der Waals surface area contributed by atoms with Crippen LogP contribution < -0.4 is 0 Å². The van der Waals surface area contributed by atoms with E-state index in [0.717, 1.165) is 0 Å². The third-order valence-corrected chi connectivity index (χ3v) is 5.08. The first-order valence-corrected chi connectivity index (χ1v) is 8.29. The van der Waals surface area contributed by atoms with Crippen molar-refractivity contribution in [2.24, 2.45) is 0 Å². The molecule has 0 rings (SSSR count). The van der Waals surface area contributed by atoms with Gasteiger partial charge in [0.2, 0.25) is 0 Å². The van der Waals surface area contributed by atoms with Gasteiger partial charge in [0.1, 0.15) is 0 Å². The molecule has 0 N–H and O–H groups in total. The van der Waals surface area contributed by atoms with E-state index in [1.54, 1.807) is 8.94 Å². The molecule has 68 valence electrons. The fraction of sp³-hybridized carbons (Fsp3) is 1.00. The fourth-order valence-electron chi connectivity index (χ4n) is 1.01. The quantitative estimate of drug-likeness (QED) is 0.463. The van der Waals surface area contributed by atoms with E-state index in [0.29, 0.717) is 20.9 Å². The summed E-state index contributed by atoms with van der Waals surface area (Å²) in [6.07, 6.45) is 8.76. The average Bonchev–Trinajstić information content (AvgIpc) is 2.03. The first-order valence-electron chi connectivity index (χ1n) is 4.99. The third-order valence-electron chi connectivity index (χ3n) is 1.78. The molecule has 0 saturated carbocycles. The van der Waals surface area contributed by atoms with Gasteiger partial charge < -0.3 is 0 Å². The van der Waals surface area contributed by atoms with Crippen LogP contribution >= 0.6 is 0 Å². The van der Waals surface area contributed by atoms with E-state index in [9.17, 15) is 0 Å². The van der Waals surface area contributed by atoms with Crippen LogP contribution in [0, 0.1) is 0 Å². The standard InChI is InChI=1S/C10H22Te/c1-3-5-7-9-11-10-8-6-4-2/h3-10H2,1-2H3. The summed E-state index contributed by atoms with van der Waals surface area (Å²) >= 11 is 0.441. The van der Waals surface area contributed by atoms with Gasteiger partial charge in [0.05, 0.1) is 0 Å². The second-order valence-electron chi connectivity index (χ2n) is 3.03. The Morgan fingerprint density at radius 1 is 0.727 bits per heavy atom. The monoisotopic (exact) mass is 272 g/mol. The maximum atomic E-state index is 2.29. The maximum absolute atomic E-state index is 2.29. The van der Waals surface area contributed by atoms with Crippen molar-refractivity contribution in [3.63, 3.8) is 0 Å². The Bertz CT molecular complexity index is 53.9. The van der Waals surface area contributed by atoms with Gasteiger partial charge in [-0.05, 0) is 0 Å². The topological polar surface area (TPSA) is 0 Å². The first-order chi connectivity index (χ1) is 5.41. The van der Waals surface area contributed by atoms with Gasteiger partial charge in [-0.2, -0.15) is 0 Å². The molecular formula is C10H22Te. The molecule has 0 saturated heterocycles. The molecule has 0 aliphatic carbocycles. The molecule has 0 aromatic heterocycles. The van der Waals surface area contributed by atoms with Gasteiger partial charge in [-0.15, -0.1) is 0 Å². The van der Waals surface area contributed by atoms with Crippen molar-refractivity contribution in [3.05, 3.63) is 0 Å². The SMILES string of the molecule is CCCCC[Te]CCCCC. The van der Waals surface area contributed by atoms with Crippen LogP contribution in [0.3, 0.4) is 0 Å². The number of hydrogen-bond donors (Lipinski definition) is 0. The van der Waals surface area contributed by atoms with E-state index in [-0.39, 0.29) is 0 Å². The molecule has 0 aromatic rings. The summed E-state index contributed by atoms with van der Waals surface area (Å²) in [6, 6.07) is 0. The van der Waals surface area contributed by atoms with Gasteiger partial charge in [-0.1, -0.05) is 0 Å².